The van der Waals surface area contributed by atoms with Gasteiger partial charge < -0.3 is 20.2 Å². The fourth-order valence-corrected chi connectivity index (χ4v) is 6.51. The number of amides is 1. The molecule has 3 aromatic carbocycles. The summed E-state index contributed by atoms with van der Waals surface area (Å²) in [6, 6.07) is 22.5. The van der Waals surface area contributed by atoms with Gasteiger partial charge in [-0.25, -0.2) is 9.78 Å². The van der Waals surface area contributed by atoms with E-state index >= 15 is 0 Å². The zero-order valence-corrected chi connectivity index (χ0v) is 24.7. The average Bonchev–Trinajstić information content (AvgIpc) is 3.43. The SMILES string of the molecule is CC1CC(C)CN(c2ccc(C(=O)Nc3ccc(-c4csc(N(c5ccc(C(=O)O)cc5)C(C)C)n4)cc3)cc2)C1. The zero-order chi connectivity index (χ0) is 29.1. The van der Waals surface area contributed by atoms with Gasteiger partial charge in [0.2, 0.25) is 0 Å². The Morgan fingerprint density at radius 3 is 2.12 bits per heavy atom. The van der Waals surface area contributed by atoms with Gasteiger partial charge in [-0.1, -0.05) is 26.0 Å². The number of carbonyl (C=O) groups excluding carboxylic acids is 1. The molecule has 0 radical (unpaired) electrons. The Balaban J connectivity index is 1.24. The van der Waals surface area contributed by atoms with Gasteiger partial charge in [-0.15, -0.1) is 11.3 Å². The third kappa shape index (κ3) is 6.60. The lowest BCUT2D eigenvalue weighted by atomic mass is 9.91. The number of nitrogens with one attached hydrogen (secondary N) is 1. The zero-order valence-electron chi connectivity index (χ0n) is 23.9. The third-order valence-corrected chi connectivity index (χ3v) is 8.25. The molecular weight excluding hydrogens is 532 g/mol. The number of carboxylic acids is 1. The first-order chi connectivity index (χ1) is 19.7. The topological polar surface area (TPSA) is 85.8 Å². The van der Waals surface area contributed by atoms with Gasteiger partial charge in [0, 0.05) is 52.7 Å². The first-order valence-electron chi connectivity index (χ1n) is 14.0. The van der Waals surface area contributed by atoms with Gasteiger partial charge in [-0.05, 0) is 92.8 Å². The van der Waals surface area contributed by atoms with Crippen molar-refractivity contribution in [2.24, 2.45) is 11.8 Å². The summed E-state index contributed by atoms with van der Waals surface area (Å²) in [4.78, 5) is 33.5. The fourth-order valence-electron chi connectivity index (χ4n) is 5.53. The lowest BCUT2D eigenvalue weighted by Gasteiger charge is -2.36. The second-order valence-corrected chi connectivity index (χ2v) is 12.1. The first-order valence-corrected chi connectivity index (χ1v) is 14.9. The van der Waals surface area contributed by atoms with Crippen LogP contribution in [0.1, 0.15) is 54.8 Å². The number of piperidine rings is 1. The van der Waals surface area contributed by atoms with Crippen LogP contribution < -0.4 is 15.1 Å². The molecule has 0 saturated carbocycles. The average molecular weight is 569 g/mol. The van der Waals surface area contributed by atoms with Crippen molar-refractivity contribution in [3.05, 3.63) is 89.3 Å². The van der Waals surface area contributed by atoms with Crippen molar-refractivity contribution >= 4 is 45.4 Å². The highest BCUT2D eigenvalue weighted by Crippen LogP contribution is 2.34. The molecule has 5 rings (SSSR count). The summed E-state index contributed by atoms with van der Waals surface area (Å²) < 4.78 is 0. The van der Waals surface area contributed by atoms with Gasteiger partial charge in [0.15, 0.2) is 5.13 Å². The molecule has 0 spiro atoms. The van der Waals surface area contributed by atoms with Crippen molar-refractivity contribution in [1.29, 1.82) is 0 Å². The summed E-state index contributed by atoms with van der Waals surface area (Å²) in [5, 5.41) is 15.1. The lowest BCUT2D eigenvalue weighted by Crippen LogP contribution is -2.38. The predicted octanol–water partition coefficient (Wildman–Crippen LogP) is 7.79. The highest BCUT2D eigenvalue weighted by Gasteiger charge is 2.22. The number of rotatable bonds is 8. The molecule has 1 amide bonds. The van der Waals surface area contributed by atoms with Crippen molar-refractivity contribution in [3.63, 3.8) is 0 Å². The number of aromatic nitrogens is 1. The van der Waals surface area contributed by atoms with Gasteiger partial charge >= 0.3 is 5.97 Å². The van der Waals surface area contributed by atoms with Crippen LogP contribution in [-0.4, -0.2) is 41.1 Å². The Hall–Kier alpha value is -4.17. The Morgan fingerprint density at radius 1 is 0.927 bits per heavy atom. The largest absolute Gasteiger partial charge is 0.478 e. The maximum atomic E-state index is 12.9. The number of benzene rings is 3. The van der Waals surface area contributed by atoms with E-state index in [2.05, 4.69) is 42.8 Å². The highest BCUT2D eigenvalue weighted by atomic mass is 32.1. The van der Waals surface area contributed by atoms with Crippen LogP contribution in [0.4, 0.5) is 22.2 Å². The van der Waals surface area contributed by atoms with E-state index in [-0.39, 0.29) is 17.5 Å². The third-order valence-electron chi connectivity index (χ3n) is 7.41. The van der Waals surface area contributed by atoms with Crippen molar-refractivity contribution in [3.8, 4) is 11.3 Å². The Kier molecular flexibility index (Phi) is 8.40. The minimum atomic E-state index is -0.945. The molecule has 1 aromatic heterocycles. The number of carboxylic acid groups (broad SMARTS) is 1. The molecule has 0 aliphatic carbocycles. The molecule has 2 atom stereocenters. The molecule has 2 unspecified atom stereocenters. The lowest BCUT2D eigenvalue weighted by molar-refractivity contribution is 0.0696. The summed E-state index contributed by atoms with van der Waals surface area (Å²) in [6.45, 7) is 10.9. The quantitative estimate of drug-likeness (QED) is 0.226. The Labute approximate surface area is 245 Å². The van der Waals surface area contributed by atoms with E-state index in [9.17, 15) is 14.7 Å². The number of aromatic carboxylic acids is 1. The van der Waals surface area contributed by atoms with Crippen LogP contribution in [0.15, 0.2) is 78.2 Å². The maximum Gasteiger partial charge on any atom is 0.335 e. The molecule has 1 fully saturated rings. The number of hydrogen-bond donors (Lipinski definition) is 2. The minimum Gasteiger partial charge on any atom is -0.478 e. The van der Waals surface area contributed by atoms with Crippen molar-refractivity contribution in [2.45, 2.75) is 40.2 Å². The number of anilines is 4. The number of thiazole rings is 1. The van der Waals surface area contributed by atoms with Gasteiger partial charge in [0.25, 0.3) is 5.91 Å². The Bertz CT molecular complexity index is 1490. The van der Waals surface area contributed by atoms with Crippen LogP contribution in [0.3, 0.4) is 0 Å². The van der Waals surface area contributed by atoms with Gasteiger partial charge in [-0.2, -0.15) is 0 Å². The molecule has 41 heavy (non-hydrogen) atoms. The summed E-state index contributed by atoms with van der Waals surface area (Å²) in [5.74, 6) is 0.265. The van der Waals surface area contributed by atoms with E-state index in [0.29, 0.717) is 17.4 Å². The van der Waals surface area contributed by atoms with Crippen LogP contribution in [-0.2, 0) is 0 Å². The van der Waals surface area contributed by atoms with Crippen LogP contribution >= 0.6 is 11.3 Å². The fraction of sp³-hybridized carbons (Fsp3) is 0.303. The molecule has 2 heterocycles. The second kappa shape index (κ2) is 12.1. The minimum absolute atomic E-state index is 0.128. The molecule has 7 nitrogen and oxygen atoms in total. The molecule has 212 valence electrons. The molecule has 8 heteroatoms. The first kappa shape index (κ1) is 28.4. The molecule has 0 bridgehead atoms. The maximum absolute atomic E-state index is 12.9. The predicted molar refractivity (Wildman–Crippen MR) is 168 cm³/mol. The van der Waals surface area contributed by atoms with Crippen LogP contribution in [0.2, 0.25) is 0 Å². The number of nitrogens with zero attached hydrogens (tertiary/aromatic N) is 3. The van der Waals surface area contributed by atoms with Gasteiger partial charge in [0.05, 0.1) is 11.3 Å². The van der Waals surface area contributed by atoms with E-state index in [1.54, 1.807) is 12.1 Å². The summed E-state index contributed by atoms with van der Waals surface area (Å²) >= 11 is 1.54. The molecule has 1 aliphatic heterocycles. The van der Waals surface area contributed by atoms with E-state index in [1.165, 1.54) is 23.4 Å². The standard InChI is InChI=1S/C33H36N4O3S/c1-21(2)37(29-15-9-26(10-16-29)32(39)40)33-35-30(20-41-33)24-5-11-27(12-6-24)34-31(38)25-7-13-28(14-8-25)36-18-22(3)17-23(4)19-36/h5-16,20-23H,17-19H2,1-4H3,(H,34,38)(H,39,40). The van der Waals surface area contributed by atoms with Crippen LogP contribution in [0, 0.1) is 11.8 Å². The highest BCUT2D eigenvalue weighted by molar-refractivity contribution is 7.14. The van der Waals surface area contributed by atoms with E-state index < -0.39 is 5.97 Å². The molecule has 2 N–H and O–H groups in total. The smallest absolute Gasteiger partial charge is 0.335 e. The second-order valence-electron chi connectivity index (χ2n) is 11.3. The molecule has 4 aromatic rings. The van der Waals surface area contributed by atoms with Crippen molar-refractivity contribution in [1.82, 2.24) is 4.98 Å². The molecule has 1 aliphatic rings. The van der Waals surface area contributed by atoms with Crippen LogP contribution in [0.5, 0.6) is 0 Å². The Morgan fingerprint density at radius 2 is 1.54 bits per heavy atom. The number of hydrogen-bond acceptors (Lipinski definition) is 6. The number of carbonyl (C=O) groups is 2. The van der Waals surface area contributed by atoms with E-state index in [1.807, 2.05) is 66.0 Å². The van der Waals surface area contributed by atoms with E-state index in [4.69, 9.17) is 4.98 Å². The van der Waals surface area contributed by atoms with Crippen molar-refractivity contribution < 1.29 is 14.7 Å². The molecule has 1 saturated heterocycles. The van der Waals surface area contributed by atoms with Gasteiger partial charge in [-0.3, -0.25) is 4.79 Å². The van der Waals surface area contributed by atoms with Crippen molar-refractivity contribution in [2.75, 3.05) is 28.2 Å². The van der Waals surface area contributed by atoms with Crippen LogP contribution in [0.25, 0.3) is 11.3 Å². The summed E-state index contributed by atoms with van der Waals surface area (Å²) in [6.07, 6.45) is 1.26. The normalized spacial score (nSPS) is 17.0. The molecular formula is C33H36N4O3S. The van der Waals surface area contributed by atoms with Gasteiger partial charge in [0.1, 0.15) is 0 Å². The monoisotopic (exact) mass is 568 g/mol. The summed E-state index contributed by atoms with van der Waals surface area (Å²) in [7, 11) is 0. The summed E-state index contributed by atoms with van der Waals surface area (Å²) in [5.41, 5.74) is 5.45. The van der Waals surface area contributed by atoms with E-state index in [0.717, 1.165) is 40.9 Å².